The molecule has 77 valence electrons. The smallest absolute Gasteiger partial charge is 0.0151 e. The topological polar surface area (TPSA) is 0 Å². The Balaban J connectivity index is 2.76. The lowest BCUT2D eigenvalue weighted by molar-refractivity contribution is 0.214. The Kier molecular flexibility index (Phi) is 2.81. The monoisotopic (exact) mass is 181 g/mol. The van der Waals surface area contributed by atoms with Gasteiger partial charge in [-0.05, 0) is 35.5 Å². The zero-order valence-corrected chi connectivity index (χ0v) is 10.2. The van der Waals surface area contributed by atoms with Gasteiger partial charge in [-0.15, -0.1) is 0 Å². The maximum Gasteiger partial charge on any atom is -0.0151 e. The molecule has 1 rings (SSSR count). The molecule has 1 aliphatic carbocycles. The fraction of sp³-hybridized carbons (Fsp3) is 0.923. The van der Waals surface area contributed by atoms with E-state index in [2.05, 4.69) is 41.5 Å². The molecular weight excluding hydrogens is 156 g/mol. The fourth-order valence-corrected chi connectivity index (χ4v) is 2.70. The molecule has 0 saturated heterocycles. The first-order chi connectivity index (χ1) is 5.73. The van der Waals surface area contributed by atoms with Gasteiger partial charge in [-0.2, -0.15) is 0 Å². The zero-order valence-electron chi connectivity index (χ0n) is 10.2. The maximum absolute atomic E-state index is 2.38. The molecule has 1 atom stereocenters. The molecule has 0 heteroatoms. The van der Waals surface area contributed by atoms with Gasteiger partial charge < -0.3 is 0 Å². The molecule has 1 aliphatic rings. The van der Waals surface area contributed by atoms with Gasteiger partial charge in [-0.25, -0.2) is 0 Å². The predicted molar refractivity (Wildman–Crippen MR) is 59.5 cm³/mol. The summed E-state index contributed by atoms with van der Waals surface area (Å²) in [6, 6.07) is 0. The largest absolute Gasteiger partial charge is 0.0599 e. The molecule has 0 aromatic heterocycles. The molecule has 1 saturated carbocycles. The van der Waals surface area contributed by atoms with Crippen molar-refractivity contribution in [2.24, 2.45) is 16.7 Å². The van der Waals surface area contributed by atoms with Crippen molar-refractivity contribution in [2.75, 3.05) is 0 Å². The second kappa shape index (κ2) is 3.29. The van der Waals surface area contributed by atoms with Crippen molar-refractivity contribution >= 4 is 0 Å². The summed E-state index contributed by atoms with van der Waals surface area (Å²) in [5.74, 6) is 2.66. The molecule has 0 aromatic carbocycles. The van der Waals surface area contributed by atoms with E-state index in [1.54, 1.807) is 5.92 Å². The van der Waals surface area contributed by atoms with Gasteiger partial charge in [0.15, 0.2) is 0 Å². The minimum atomic E-state index is 0.425. The maximum atomic E-state index is 2.38. The van der Waals surface area contributed by atoms with E-state index in [-0.39, 0.29) is 0 Å². The van der Waals surface area contributed by atoms with Crippen molar-refractivity contribution in [3.05, 3.63) is 5.92 Å². The third-order valence-corrected chi connectivity index (χ3v) is 3.37. The molecule has 13 heavy (non-hydrogen) atoms. The van der Waals surface area contributed by atoms with E-state index >= 15 is 0 Å². The van der Waals surface area contributed by atoms with E-state index < -0.39 is 0 Å². The van der Waals surface area contributed by atoms with Crippen LogP contribution in [-0.2, 0) is 0 Å². The standard InChI is InChI=1S/C13H25/c1-12(2,3)10-8-7-9-11(10)13(4,5)6/h10H,7-9H2,1-6H3. The van der Waals surface area contributed by atoms with Crippen molar-refractivity contribution in [1.82, 2.24) is 0 Å². The molecule has 0 bridgehead atoms. The first-order valence-electron chi connectivity index (χ1n) is 5.59. The van der Waals surface area contributed by atoms with Crippen LogP contribution in [0.25, 0.3) is 0 Å². The van der Waals surface area contributed by atoms with E-state index in [1.165, 1.54) is 19.3 Å². The van der Waals surface area contributed by atoms with Crippen molar-refractivity contribution in [3.63, 3.8) is 0 Å². The molecule has 0 spiro atoms. The summed E-state index contributed by atoms with van der Waals surface area (Å²) in [5, 5.41) is 0. The van der Waals surface area contributed by atoms with Crippen LogP contribution in [-0.4, -0.2) is 0 Å². The van der Waals surface area contributed by atoms with Crippen LogP contribution in [0.3, 0.4) is 0 Å². The minimum absolute atomic E-state index is 0.425. The molecule has 0 aliphatic heterocycles. The molecular formula is C13H25. The molecule has 0 aromatic rings. The third kappa shape index (κ3) is 2.48. The summed E-state index contributed by atoms with van der Waals surface area (Å²) in [7, 11) is 0. The van der Waals surface area contributed by atoms with Gasteiger partial charge >= 0.3 is 0 Å². The highest BCUT2D eigenvalue weighted by Gasteiger charge is 2.41. The highest BCUT2D eigenvalue weighted by Crippen LogP contribution is 2.52. The quantitative estimate of drug-likeness (QED) is 0.518. The summed E-state index contributed by atoms with van der Waals surface area (Å²) >= 11 is 0. The SMILES string of the molecule is CC(C)(C)[C]1CCCC1C(C)(C)C. The number of hydrogen-bond donors (Lipinski definition) is 0. The Morgan fingerprint density at radius 3 is 1.85 bits per heavy atom. The first-order valence-corrected chi connectivity index (χ1v) is 5.59. The molecule has 0 heterocycles. The van der Waals surface area contributed by atoms with Gasteiger partial charge in [0.25, 0.3) is 0 Å². The fourth-order valence-electron chi connectivity index (χ4n) is 2.70. The highest BCUT2D eigenvalue weighted by molar-refractivity contribution is 5.12. The second-order valence-corrected chi connectivity index (χ2v) is 6.59. The highest BCUT2D eigenvalue weighted by atomic mass is 14.5. The molecule has 0 nitrogen and oxygen atoms in total. The number of rotatable bonds is 0. The van der Waals surface area contributed by atoms with Gasteiger partial charge in [0.2, 0.25) is 0 Å². The van der Waals surface area contributed by atoms with Crippen molar-refractivity contribution in [3.8, 4) is 0 Å². The summed E-state index contributed by atoms with van der Waals surface area (Å²) in [6.07, 6.45) is 4.19. The number of hydrogen-bond acceptors (Lipinski definition) is 0. The molecule has 0 amide bonds. The summed E-state index contributed by atoms with van der Waals surface area (Å²) < 4.78 is 0. The van der Waals surface area contributed by atoms with Gasteiger partial charge in [0.1, 0.15) is 0 Å². The Labute approximate surface area is 84.1 Å². The van der Waals surface area contributed by atoms with E-state index in [0.717, 1.165) is 5.92 Å². The zero-order chi connectivity index (χ0) is 10.3. The van der Waals surface area contributed by atoms with Crippen LogP contribution in [0.2, 0.25) is 0 Å². The van der Waals surface area contributed by atoms with E-state index in [4.69, 9.17) is 0 Å². The van der Waals surface area contributed by atoms with E-state index in [1.807, 2.05) is 0 Å². The van der Waals surface area contributed by atoms with Crippen LogP contribution in [0.5, 0.6) is 0 Å². The van der Waals surface area contributed by atoms with E-state index in [0.29, 0.717) is 10.8 Å². The molecule has 1 unspecified atom stereocenters. The van der Waals surface area contributed by atoms with Crippen LogP contribution in [0.15, 0.2) is 0 Å². The Hall–Kier alpha value is 0. The van der Waals surface area contributed by atoms with Gasteiger partial charge in [-0.3, -0.25) is 0 Å². The van der Waals surface area contributed by atoms with Crippen molar-refractivity contribution in [2.45, 2.75) is 60.8 Å². The van der Waals surface area contributed by atoms with Gasteiger partial charge in [-0.1, -0.05) is 48.0 Å². The average molecular weight is 181 g/mol. The minimum Gasteiger partial charge on any atom is -0.0599 e. The van der Waals surface area contributed by atoms with Gasteiger partial charge in [0, 0.05) is 0 Å². The second-order valence-electron chi connectivity index (χ2n) is 6.59. The van der Waals surface area contributed by atoms with E-state index in [9.17, 15) is 0 Å². The van der Waals surface area contributed by atoms with Crippen LogP contribution in [0.4, 0.5) is 0 Å². The Morgan fingerprint density at radius 2 is 1.54 bits per heavy atom. The Morgan fingerprint density at radius 1 is 1.00 bits per heavy atom. The van der Waals surface area contributed by atoms with Gasteiger partial charge in [0.05, 0.1) is 0 Å². The lowest BCUT2D eigenvalue weighted by Crippen LogP contribution is -2.30. The van der Waals surface area contributed by atoms with Crippen LogP contribution in [0, 0.1) is 22.7 Å². The van der Waals surface area contributed by atoms with Crippen molar-refractivity contribution in [1.29, 1.82) is 0 Å². The van der Waals surface area contributed by atoms with Crippen molar-refractivity contribution < 1.29 is 0 Å². The third-order valence-electron chi connectivity index (χ3n) is 3.37. The van der Waals surface area contributed by atoms with Crippen LogP contribution in [0.1, 0.15) is 60.8 Å². The lowest BCUT2D eigenvalue weighted by atomic mass is 9.66. The Bertz CT molecular complexity index is 145. The molecule has 1 fully saturated rings. The summed E-state index contributed by atoms with van der Waals surface area (Å²) in [5.41, 5.74) is 0.896. The van der Waals surface area contributed by atoms with Crippen LogP contribution >= 0.6 is 0 Å². The average Bonchev–Trinajstić information content (AvgIpc) is 2.27. The van der Waals surface area contributed by atoms with Crippen LogP contribution < -0.4 is 0 Å². The first kappa shape index (κ1) is 11.1. The molecule has 1 radical (unpaired) electrons. The summed E-state index contributed by atoms with van der Waals surface area (Å²) in [6.45, 7) is 14.3. The molecule has 0 N–H and O–H groups in total. The normalized spacial score (nSPS) is 26.8. The predicted octanol–water partition coefficient (Wildman–Crippen LogP) is 4.45. The lowest BCUT2D eigenvalue weighted by Gasteiger charge is -2.39. The summed E-state index contributed by atoms with van der Waals surface area (Å²) in [4.78, 5) is 0.